The van der Waals surface area contributed by atoms with E-state index < -0.39 is 53.8 Å². The van der Waals surface area contributed by atoms with Crippen LogP contribution in [0.5, 0.6) is 0 Å². The van der Waals surface area contributed by atoms with Crippen molar-refractivity contribution in [2.24, 2.45) is 5.92 Å². The predicted octanol–water partition coefficient (Wildman–Crippen LogP) is 2.75. The maximum Gasteiger partial charge on any atom is 0.334 e. The molecule has 2 aliphatic heterocycles. The first-order valence-electron chi connectivity index (χ1n) is 10.7. The van der Waals surface area contributed by atoms with Gasteiger partial charge in [-0.1, -0.05) is 24.3 Å². The molecule has 2 heterocycles. The Morgan fingerprint density at radius 1 is 1.12 bits per heavy atom. The number of esters is 3. The van der Waals surface area contributed by atoms with Crippen molar-refractivity contribution >= 4 is 23.7 Å². The molecule has 0 aromatic carbocycles. The normalized spacial score (nSPS) is 38.7. The summed E-state index contributed by atoms with van der Waals surface area (Å²) < 4.78 is 22.7. The summed E-state index contributed by atoms with van der Waals surface area (Å²) in [5.74, 6) is -2.25. The van der Waals surface area contributed by atoms with Crippen LogP contribution in [0.3, 0.4) is 0 Å². The Bertz CT molecular complexity index is 913. The van der Waals surface area contributed by atoms with Gasteiger partial charge in [-0.25, -0.2) is 4.79 Å². The van der Waals surface area contributed by atoms with Crippen molar-refractivity contribution < 1.29 is 38.1 Å². The molecule has 0 aromatic rings. The summed E-state index contributed by atoms with van der Waals surface area (Å²) in [6, 6.07) is 0. The number of allylic oxidation sites excluding steroid dienone is 2. The van der Waals surface area contributed by atoms with Crippen LogP contribution in [0.1, 0.15) is 53.9 Å². The summed E-state index contributed by atoms with van der Waals surface area (Å²) in [4.78, 5) is 48.6. The van der Waals surface area contributed by atoms with Crippen LogP contribution in [0.4, 0.5) is 0 Å². The van der Waals surface area contributed by atoms with E-state index in [0.717, 1.165) is 5.57 Å². The van der Waals surface area contributed by atoms with Crippen LogP contribution in [0.2, 0.25) is 0 Å². The quantitative estimate of drug-likeness (QED) is 0.209. The van der Waals surface area contributed by atoms with E-state index in [9.17, 15) is 19.2 Å². The molecule has 0 bridgehead atoms. The Hall–Kier alpha value is -2.74. The van der Waals surface area contributed by atoms with Crippen LogP contribution in [-0.4, -0.2) is 53.7 Å². The fourth-order valence-corrected chi connectivity index (χ4v) is 4.47. The molecule has 0 saturated carbocycles. The highest BCUT2D eigenvalue weighted by atomic mass is 16.7. The van der Waals surface area contributed by atoms with Crippen LogP contribution < -0.4 is 0 Å². The Morgan fingerprint density at radius 2 is 1.78 bits per heavy atom. The van der Waals surface area contributed by atoms with E-state index >= 15 is 0 Å². The molecule has 6 atom stereocenters. The van der Waals surface area contributed by atoms with Crippen molar-refractivity contribution in [2.75, 3.05) is 0 Å². The number of epoxide rings is 1. The minimum absolute atomic E-state index is 0.0629. The number of Topliss-reactive ketones (excluding diaryl/α,β-unsaturated/α-hetero) is 1. The number of hydrogen-bond donors (Lipinski definition) is 0. The van der Waals surface area contributed by atoms with E-state index in [1.165, 1.54) is 13.8 Å². The zero-order chi connectivity index (χ0) is 23.8. The van der Waals surface area contributed by atoms with Crippen LogP contribution in [0.25, 0.3) is 0 Å². The number of ether oxygens (including phenoxy) is 4. The summed E-state index contributed by atoms with van der Waals surface area (Å²) in [6.07, 6.45) is 1.55. The minimum atomic E-state index is -0.935. The van der Waals surface area contributed by atoms with E-state index in [1.54, 1.807) is 26.0 Å². The second-order valence-corrected chi connectivity index (χ2v) is 8.89. The molecule has 0 amide bonds. The third-order valence-corrected chi connectivity index (χ3v) is 6.35. The maximum absolute atomic E-state index is 12.6. The average molecular weight is 446 g/mol. The van der Waals surface area contributed by atoms with Gasteiger partial charge in [-0.3, -0.25) is 14.4 Å². The van der Waals surface area contributed by atoms with Gasteiger partial charge < -0.3 is 18.9 Å². The van der Waals surface area contributed by atoms with E-state index in [0.29, 0.717) is 12.0 Å². The van der Waals surface area contributed by atoms with Crippen LogP contribution in [-0.2, 0) is 38.1 Å². The van der Waals surface area contributed by atoms with E-state index in [-0.39, 0.29) is 24.2 Å². The number of ketones is 1. The molecule has 0 radical (unpaired) electrons. The van der Waals surface area contributed by atoms with Gasteiger partial charge >= 0.3 is 17.9 Å². The molecule has 1 aliphatic carbocycles. The van der Waals surface area contributed by atoms with Crippen molar-refractivity contribution in [1.82, 2.24) is 0 Å². The van der Waals surface area contributed by atoms with E-state index in [1.807, 2.05) is 6.92 Å². The lowest BCUT2D eigenvalue weighted by atomic mass is 9.82. The molecule has 174 valence electrons. The largest absolute Gasteiger partial charge is 0.461 e. The van der Waals surface area contributed by atoms with Gasteiger partial charge in [0.05, 0.1) is 5.92 Å². The molecule has 3 rings (SSSR count). The topological polar surface area (TPSA) is 108 Å². The molecule has 0 unspecified atom stereocenters. The molecule has 2 fully saturated rings. The van der Waals surface area contributed by atoms with E-state index in [2.05, 4.69) is 6.58 Å². The lowest BCUT2D eigenvalue weighted by molar-refractivity contribution is -0.151. The molecular formula is C24H30O8. The molecule has 0 spiro atoms. The monoisotopic (exact) mass is 446 g/mol. The zero-order valence-electron chi connectivity index (χ0n) is 19.1. The summed E-state index contributed by atoms with van der Waals surface area (Å²) in [6.45, 7) is 11.8. The molecule has 2 saturated heterocycles. The molecular weight excluding hydrogens is 416 g/mol. The lowest BCUT2D eigenvalue weighted by Crippen LogP contribution is -2.41. The minimum Gasteiger partial charge on any atom is -0.461 e. The highest BCUT2D eigenvalue weighted by Gasteiger charge is 2.67. The molecule has 8 nitrogen and oxygen atoms in total. The Kier molecular flexibility index (Phi) is 6.74. The first-order chi connectivity index (χ1) is 14.9. The number of carbonyl (C=O) groups excluding carboxylic acids is 4. The first kappa shape index (κ1) is 23.9. The van der Waals surface area contributed by atoms with Crippen molar-refractivity contribution in [3.63, 3.8) is 0 Å². The van der Waals surface area contributed by atoms with Crippen molar-refractivity contribution in [2.45, 2.75) is 83.9 Å². The van der Waals surface area contributed by atoms with Gasteiger partial charge in [0.15, 0.2) is 5.78 Å². The van der Waals surface area contributed by atoms with Crippen LogP contribution in [0.15, 0.2) is 35.5 Å². The van der Waals surface area contributed by atoms with Gasteiger partial charge in [0.1, 0.15) is 30.0 Å². The highest BCUT2D eigenvalue weighted by Crippen LogP contribution is 2.50. The molecule has 8 heteroatoms. The summed E-state index contributed by atoms with van der Waals surface area (Å²) in [7, 11) is 0. The fraction of sp³-hybridized carbons (Fsp3) is 0.583. The van der Waals surface area contributed by atoms with Gasteiger partial charge in [0, 0.05) is 38.7 Å². The van der Waals surface area contributed by atoms with Gasteiger partial charge in [0.2, 0.25) is 0 Å². The third kappa shape index (κ3) is 4.85. The Balaban J connectivity index is 2.04. The standard InChI is InChI=1S/C24H30O8/c1-12-7-9-17(27)13(2)8-10-19(30-16(5)26)24(6)22(32-24)21-20(14(3)23(28)31-21)18(11-12)29-15(4)25/h7-8,18-22H,3,9-11H2,1-2,4-6H3/b12-7+,13-8+/t18-,19-,20-,21+,22+,24+/m1/s1. The van der Waals surface area contributed by atoms with Crippen molar-refractivity contribution in [3.05, 3.63) is 35.5 Å². The molecule has 0 aromatic heterocycles. The maximum atomic E-state index is 12.6. The lowest BCUT2D eigenvalue weighted by Gasteiger charge is -2.28. The predicted molar refractivity (Wildman–Crippen MR) is 113 cm³/mol. The Labute approximate surface area is 187 Å². The van der Waals surface area contributed by atoms with Crippen molar-refractivity contribution in [3.8, 4) is 0 Å². The first-order valence-corrected chi connectivity index (χ1v) is 10.7. The van der Waals surface area contributed by atoms with E-state index in [4.69, 9.17) is 18.9 Å². The summed E-state index contributed by atoms with van der Waals surface area (Å²) in [5, 5.41) is 0. The summed E-state index contributed by atoms with van der Waals surface area (Å²) in [5.41, 5.74) is 0.668. The van der Waals surface area contributed by atoms with Crippen molar-refractivity contribution in [1.29, 1.82) is 0 Å². The molecule has 0 N–H and O–H groups in total. The van der Waals surface area contributed by atoms with Gasteiger partial charge in [0.25, 0.3) is 0 Å². The number of hydrogen-bond acceptors (Lipinski definition) is 8. The van der Waals surface area contributed by atoms with Crippen LogP contribution >= 0.6 is 0 Å². The number of fused-ring (bicyclic) bond motifs is 3. The number of carbonyl (C=O) groups is 4. The second-order valence-electron chi connectivity index (χ2n) is 8.89. The number of rotatable bonds is 2. The summed E-state index contributed by atoms with van der Waals surface area (Å²) >= 11 is 0. The SMILES string of the molecule is C=C1C(=O)O[C@H]2[C@H]1[C@H](OC(C)=O)C/C(C)=C/CC(=O)/C(C)=C/C[C@@H](OC(C)=O)[C@]1(C)O[C@@H]21. The zero-order valence-corrected chi connectivity index (χ0v) is 19.1. The van der Waals surface area contributed by atoms with Gasteiger partial charge in [-0.2, -0.15) is 0 Å². The smallest absolute Gasteiger partial charge is 0.334 e. The average Bonchev–Trinajstić information content (AvgIpc) is 3.30. The van der Waals surface area contributed by atoms with Gasteiger partial charge in [-0.05, 0) is 26.3 Å². The fourth-order valence-electron chi connectivity index (χ4n) is 4.47. The molecule has 3 aliphatic rings. The van der Waals surface area contributed by atoms with Crippen LogP contribution in [0, 0.1) is 5.92 Å². The second kappa shape index (κ2) is 9.02. The molecule has 32 heavy (non-hydrogen) atoms. The van der Waals surface area contributed by atoms with Gasteiger partial charge in [-0.15, -0.1) is 0 Å². The highest BCUT2D eigenvalue weighted by molar-refractivity contribution is 5.95. The third-order valence-electron chi connectivity index (χ3n) is 6.35. The Morgan fingerprint density at radius 3 is 2.41 bits per heavy atom.